The predicted octanol–water partition coefficient (Wildman–Crippen LogP) is 2.63. The lowest BCUT2D eigenvalue weighted by Crippen LogP contribution is -2.14. The summed E-state index contributed by atoms with van der Waals surface area (Å²) < 4.78 is 17.3. The fraction of sp³-hybridized carbons (Fsp3) is 0.125. The molecule has 0 bridgehead atoms. The van der Waals surface area contributed by atoms with Crippen molar-refractivity contribution in [2.45, 2.75) is 5.75 Å². The molecule has 0 aliphatic rings. The number of aromatic hydroxyl groups is 2. The number of benzene rings is 2. The molecule has 2 rings (SSSR count). The van der Waals surface area contributed by atoms with Crippen LogP contribution < -0.4 is 4.74 Å². The van der Waals surface area contributed by atoms with E-state index in [1.807, 2.05) is 0 Å². The van der Waals surface area contributed by atoms with Crippen LogP contribution in [0.3, 0.4) is 0 Å². The number of phenols is 2. The third kappa shape index (κ3) is 4.40. The minimum atomic E-state index is -1.88. The van der Waals surface area contributed by atoms with Gasteiger partial charge in [0.15, 0.2) is 11.5 Å². The molecule has 8 heteroatoms. The average Bonchev–Trinajstić information content (AvgIpc) is 2.56. The Morgan fingerprint density at radius 3 is 2.42 bits per heavy atom. The van der Waals surface area contributed by atoms with Gasteiger partial charge in [-0.2, -0.15) is 0 Å². The summed E-state index contributed by atoms with van der Waals surface area (Å²) in [7, 11) is 1.52. The number of hydrogen-bond donors (Lipinski definition) is 2. The van der Waals surface area contributed by atoms with E-state index in [-0.39, 0.29) is 17.1 Å². The Labute approximate surface area is 141 Å². The smallest absolute Gasteiger partial charge is 0.441 e. The number of phenolic OH excluding ortho intramolecular Hbond substituents is 2. The summed E-state index contributed by atoms with van der Waals surface area (Å²) in [6.45, 7) is 0. The molecule has 1 atom stereocenters. The van der Waals surface area contributed by atoms with Gasteiger partial charge in [0, 0.05) is 5.56 Å². The number of rotatable bonds is 6. The zero-order valence-electron chi connectivity index (χ0n) is 12.7. The molecule has 2 N–H and O–H groups in total. The lowest BCUT2D eigenvalue weighted by molar-refractivity contribution is -0.410. The Hall–Kier alpha value is -2.71. The maximum Gasteiger partial charge on any atom is 0.441 e. The van der Waals surface area contributed by atoms with Crippen LogP contribution in [-0.4, -0.2) is 26.8 Å². The molecule has 2 aromatic carbocycles. The van der Waals surface area contributed by atoms with E-state index < -0.39 is 26.9 Å². The standard InChI is InChI=1S/C16H15NO6S/c1-23-13-5-2-11(3-6-13)10-24(22)16(17(20)21)9-12-4-7-14(18)15(19)8-12/h2-9,18-19H,10H2,1H3/b16-9-. The van der Waals surface area contributed by atoms with E-state index in [1.165, 1.54) is 19.2 Å². The van der Waals surface area contributed by atoms with E-state index in [0.717, 1.165) is 12.1 Å². The van der Waals surface area contributed by atoms with Gasteiger partial charge in [0.05, 0.1) is 24.4 Å². The van der Waals surface area contributed by atoms with Crippen LogP contribution in [0.15, 0.2) is 47.5 Å². The lowest BCUT2D eigenvalue weighted by atomic mass is 10.2. The highest BCUT2D eigenvalue weighted by Crippen LogP contribution is 2.27. The summed E-state index contributed by atoms with van der Waals surface area (Å²) in [5.74, 6) is -0.142. The summed E-state index contributed by atoms with van der Waals surface area (Å²) in [6, 6.07) is 10.5. The van der Waals surface area contributed by atoms with Gasteiger partial charge in [-0.05, 0) is 29.8 Å². The highest BCUT2D eigenvalue weighted by molar-refractivity contribution is 7.94. The van der Waals surface area contributed by atoms with Gasteiger partial charge in [0.25, 0.3) is 0 Å². The van der Waals surface area contributed by atoms with Gasteiger partial charge >= 0.3 is 5.03 Å². The molecule has 0 radical (unpaired) electrons. The van der Waals surface area contributed by atoms with Crippen molar-refractivity contribution in [3.63, 3.8) is 0 Å². The summed E-state index contributed by atoms with van der Waals surface area (Å²) >= 11 is -1.88. The SMILES string of the molecule is COc1ccc(C[S+]([O-])/C(=C\c2ccc(O)c(O)c2)[N+](=O)[O-])cc1. The van der Waals surface area contributed by atoms with Crippen LogP contribution in [0, 0.1) is 10.1 Å². The molecule has 2 aromatic rings. The van der Waals surface area contributed by atoms with Crippen molar-refractivity contribution in [1.82, 2.24) is 0 Å². The minimum absolute atomic E-state index is 0.0269. The number of ether oxygens (including phenoxy) is 1. The highest BCUT2D eigenvalue weighted by Gasteiger charge is 2.27. The number of methoxy groups -OCH3 is 1. The van der Waals surface area contributed by atoms with Crippen molar-refractivity contribution >= 4 is 17.3 Å². The lowest BCUT2D eigenvalue weighted by Gasteiger charge is -2.08. The normalized spacial score (nSPS) is 12.7. The average molecular weight is 349 g/mol. The number of nitrogens with zero attached hydrogens (tertiary/aromatic N) is 1. The quantitative estimate of drug-likeness (QED) is 0.358. The van der Waals surface area contributed by atoms with Crippen LogP contribution in [-0.2, 0) is 16.9 Å². The van der Waals surface area contributed by atoms with Crippen LogP contribution in [0.4, 0.5) is 0 Å². The van der Waals surface area contributed by atoms with Crippen molar-refractivity contribution in [2.75, 3.05) is 7.11 Å². The van der Waals surface area contributed by atoms with Gasteiger partial charge in [0.1, 0.15) is 16.4 Å². The molecule has 126 valence electrons. The van der Waals surface area contributed by atoms with Crippen LogP contribution in [0.2, 0.25) is 0 Å². The molecule has 7 nitrogen and oxygen atoms in total. The molecular weight excluding hydrogens is 334 g/mol. The molecule has 0 aliphatic carbocycles. The zero-order valence-corrected chi connectivity index (χ0v) is 13.5. The van der Waals surface area contributed by atoms with E-state index in [2.05, 4.69) is 0 Å². The minimum Gasteiger partial charge on any atom is -0.606 e. The molecule has 0 spiro atoms. The van der Waals surface area contributed by atoms with Gasteiger partial charge in [-0.3, -0.25) is 10.1 Å². The van der Waals surface area contributed by atoms with Crippen LogP contribution in [0.1, 0.15) is 11.1 Å². The molecular formula is C16H15NO6S. The van der Waals surface area contributed by atoms with E-state index >= 15 is 0 Å². The third-order valence-corrected chi connectivity index (χ3v) is 4.49. The maximum absolute atomic E-state index is 12.3. The van der Waals surface area contributed by atoms with Crippen LogP contribution >= 0.6 is 0 Å². The number of nitro groups is 1. The van der Waals surface area contributed by atoms with Crippen molar-refractivity contribution in [3.05, 3.63) is 68.7 Å². The first-order chi connectivity index (χ1) is 11.4. The molecule has 0 fully saturated rings. The highest BCUT2D eigenvalue weighted by atomic mass is 32.2. The molecule has 0 aromatic heterocycles. The van der Waals surface area contributed by atoms with Crippen LogP contribution in [0.25, 0.3) is 6.08 Å². The monoisotopic (exact) mass is 349 g/mol. The van der Waals surface area contributed by atoms with Crippen molar-refractivity contribution in [1.29, 1.82) is 0 Å². The molecule has 0 aliphatic heterocycles. The van der Waals surface area contributed by atoms with E-state index in [1.54, 1.807) is 24.3 Å². The van der Waals surface area contributed by atoms with E-state index in [0.29, 0.717) is 11.3 Å². The Bertz CT molecular complexity index is 760. The molecule has 0 saturated carbocycles. The fourth-order valence-corrected chi connectivity index (χ4v) is 3.00. The second-order valence-electron chi connectivity index (χ2n) is 4.83. The summed E-state index contributed by atoms with van der Waals surface area (Å²) in [6.07, 6.45) is 1.11. The predicted molar refractivity (Wildman–Crippen MR) is 89.6 cm³/mol. The first kappa shape index (κ1) is 17.6. The Morgan fingerprint density at radius 1 is 1.21 bits per heavy atom. The Kier molecular flexibility index (Phi) is 5.67. The van der Waals surface area contributed by atoms with Crippen molar-refractivity contribution in [3.8, 4) is 17.2 Å². The molecule has 1 unspecified atom stereocenters. The Balaban J connectivity index is 2.23. The van der Waals surface area contributed by atoms with Gasteiger partial charge in [-0.15, -0.1) is 0 Å². The van der Waals surface area contributed by atoms with Gasteiger partial charge in [-0.25, -0.2) is 0 Å². The first-order valence-corrected chi connectivity index (χ1v) is 8.12. The second kappa shape index (κ2) is 7.71. The van der Waals surface area contributed by atoms with Crippen molar-refractivity contribution in [2.24, 2.45) is 0 Å². The summed E-state index contributed by atoms with van der Waals surface area (Å²) in [4.78, 5) is 10.5. The van der Waals surface area contributed by atoms with E-state index in [9.17, 15) is 24.9 Å². The van der Waals surface area contributed by atoms with Gasteiger partial charge in [-0.1, -0.05) is 18.2 Å². The fourth-order valence-electron chi connectivity index (χ4n) is 1.92. The number of hydrogen-bond acceptors (Lipinski definition) is 6. The topological polar surface area (TPSA) is 116 Å². The largest absolute Gasteiger partial charge is 0.606 e. The van der Waals surface area contributed by atoms with Gasteiger partial charge < -0.3 is 19.5 Å². The van der Waals surface area contributed by atoms with Crippen LogP contribution in [0.5, 0.6) is 17.2 Å². The maximum atomic E-state index is 12.3. The second-order valence-corrected chi connectivity index (χ2v) is 6.22. The third-order valence-electron chi connectivity index (χ3n) is 3.16. The van der Waals surface area contributed by atoms with E-state index in [4.69, 9.17) is 4.74 Å². The summed E-state index contributed by atoms with van der Waals surface area (Å²) in [5.41, 5.74) is 0.926. The van der Waals surface area contributed by atoms with Crippen molar-refractivity contribution < 1.29 is 24.4 Å². The molecule has 0 heterocycles. The van der Waals surface area contributed by atoms with Gasteiger partial charge in [0.2, 0.25) is 0 Å². The first-order valence-electron chi connectivity index (χ1n) is 6.80. The molecule has 0 saturated heterocycles. The zero-order chi connectivity index (χ0) is 17.7. The molecule has 24 heavy (non-hydrogen) atoms. The Morgan fingerprint density at radius 2 is 1.88 bits per heavy atom. The molecule has 0 amide bonds. The summed E-state index contributed by atoms with van der Waals surface area (Å²) in [5, 5.41) is 29.4.